The lowest BCUT2D eigenvalue weighted by Gasteiger charge is -2.06. The molecular formula is C14H11NO2S. The molecule has 0 saturated carbocycles. The van der Waals surface area contributed by atoms with Crippen LogP contribution in [0.2, 0.25) is 0 Å². The highest BCUT2D eigenvalue weighted by Gasteiger charge is 2.15. The van der Waals surface area contributed by atoms with Crippen LogP contribution < -0.4 is 0 Å². The van der Waals surface area contributed by atoms with E-state index in [1.807, 2.05) is 41.8 Å². The van der Waals surface area contributed by atoms with E-state index in [0.717, 1.165) is 16.8 Å². The van der Waals surface area contributed by atoms with Gasteiger partial charge in [-0.25, -0.2) is 4.98 Å². The standard InChI is InChI=1S/C14H11NO2S/c16-13(10-4-2-1-3-5-10)14-15-12(9-18-14)11-6-7-17-8-11/h1-9,13,16H. The second-order valence-corrected chi connectivity index (χ2v) is 4.79. The lowest BCUT2D eigenvalue weighted by atomic mass is 10.1. The van der Waals surface area contributed by atoms with E-state index >= 15 is 0 Å². The zero-order valence-electron chi connectivity index (χ0n) is 9.48. The fourth-order valence-corrected chi connectivity index (χ4v) is 2.57. The van der Waals surface area contributed by atoms with Crippen molar-refractivity contribution in [2.45, 2.75) is 6.10 Å². The number of aliphatic hydroxyl groups excluding tert-OH is 1. The Morgan fingerprint density at radius 3 is 2.72 bits per heavy atom. The summed E-state index contributed by atoms with van der Waals surface area (Å²) in [7, 11) is 0. The molecule has 0 aliphatic carbocycles. The molecule has 0 fully saturated rings. The molecule has 1 N–H and O–H groups in total. The first-order valence-electron chi connectivity index (χ1n) is 5.55. The Morgan fingerprint density at radius 2 is 2.00 bits per heavy atom. The van der Waals surface area contributed by atoms with Crippen LogP contribution in [0, 0.1) is 0 Å². The minimum absolute atomic E-state index is 0.670. The van der Waals surface area contributed by atoms with Gasteiger partial charge in [0.05, 0.1) is 18.2 Å². The van der Waals surface area contributed by atoms with Crippen molar-refractivity contribution < 1.29 is 9.52 Å². The van der Waals surface area contributed by atoms with E-state index in [4.69, 9.17) is 4.42 Å². The molecule has 3 nitrogen and oxygen atoms in total. The molecule has 0 aliphatic rings. The summed E-state index contributed by atoms with van der Waals surface area (Å²) >= 11 is 1.45. The molecule has 0 amide bonds. The van der Waals surface area contributed by atoms with Crippen LogP contribution in [0.25, 0.3) is 11.3 Å². The molecule has 0 spiro atoms. The number of aliphatic hydroxyl groups is 1. The maximum absolute atomic E-state index is 10.2. The summed E-state index contributed by atoms with van der Waals surface area (Å²) in [5, 5.41) is 12.8. The van der Waals surface area contributed by atoms with Gasteiger partial charge in [-0.15, -0.1) is 11.3 Å². The van der Waals surface area contributed by atoms with Crippen molar-refractivity contribution in [1.29, 1.82) is 0 Å². The third-order valence-electron chi connectivity index (χ3n) is 2.69. The second kappa shape index (κ2) is 4.76. The van der Waals surface area contributed by atoms with Gasteiger partial charge in [0.15, 0.2) is 0 Å². The Morgan fingerprint density at radius 1 is 1.17 bits per heavy atom. The molecule has 90 valence electrons. The molecule has 0 bridgehead atoms. The van der Waals surface area contributed by atoms with E-state index in [1.165, 1.54) is 11.3 Å². The normalized spacial score (nSPS) is 12.5. The van der Waals surface area contributed by atoms with Crippen molar-refractivity contribution >= 4 is 11.3 Å². The number of thiazole rings is 1. The first-order valence-corrected chi connectivity index (χ1v) is 6.43. The van der Waals surface area contributed by atoms with Crippen LogP contribution in [0.3, 0.4) is 0 Å². The van der Waals surface area contributed by atoms with E-state index in [0.29, 0.717) is 5.01 Å². The number of furan rings is 1. The van der Waals surface area contributed by atoms with Gasteiger partial charge in [0.1, 0.15) is 11.1 Å². The van der Waals surface area contributed by atoms with Crippen LogP contribution in [0.1, 0.15) is 16.7 Å². The van der Waals surface area contributed by atoms with Gasteiger partial charge in [-0.1, -0.05) is 30.3 Å². The zero-order valence-corrected chi connectivity index (χ0v) is 10.3. The summed E-state index contributed by atoms with van der Waals surface area (Å²) in [6.07, 6.45) is 2.59. The molecule has 4 heteroatoms. The summed E-state index contributed by atoms with van der Waals surface area (Å²) in [6, 6.07) is 11.4. The number of nitrogens with zero attached hydrogens (tertiary/aromatic N) is 1. The van der Waals surface area contributed by atoms with Gasteiger partial charge in [-0.05, 0) is 11.6 Å². The molecule has 1 atom stereocenters. The molecule has 2 heterocycles. The summed E-state index contributed by atoms with van der Waals surface area (Å²) in [6.45, 7) is 0. The minimum Gasteiger partial charge on any atom is -0.472 e. The minimum atomic E-state index is -0.670. The summed E-state index contributed by atoms with van der Waals surface area (Å²) in [5.41, 5.74) is 2.61. The highest BCUT2D eigenvalue weighted by Crippen LogP contribution is 2.29. The van der Waals surface area contributed by atoms with Crippen LogP contribution >= 0.6 is 11.3 Å². The molecule has 18 heavy (non-hydrogen) atoms. The Hall–Kier alpha value is -1.91. The van der Waals surface area contributed by atoms with E-state index in [1.54, 1.807) is 12.5 Å². The molecule has 0 saturated heterocycles. The lowest BCUT2D eigenvalue weighted by molar-refractivity contribution is 0.220. The van der Waals surface area contributed by atoms with Crippen molar-refractivity contribution in [1.82, 2.24) is 4.98 Å². The maximum atomic E-state index is 10.2. The molecule has 2 aromatic heterocycles. The van der Waals surface area contributed by atoms with Gasteiger partial charge in [0.25, 0.3) is 0 Å². The number of hydrogen-bond acceptors (Lipinski definition) is 4. The average Bonchev–Trinajstić information content (AvgIpc) is 3.09. The van der Waals surface area contributed by atoms with E-state index in [2.05, 4.69) is 4.98 Å². The van der Waals surface area contributed by atoms with Crippen LogP contribution in [0.4, 0.5) is 0 Å². The fraction of sp³-hybridized carbons (Fsp3) is 0.0714. The highest BCUT2D eigenvalue weighted by molar-refractivity contribution is 7.10. The fourth-order valence-electron chi connectivity index (χ4n) is 1.73. The van der Waals surface area contributed by atoms with E-state index < -0.39 is 6.10 Å². The van der Waals surface area contributed by atoms with Crippen LogP contribution in [-0.4, -0.2) is 10.1 Å². The monoisotopic (exact) mass is 257 g/mol. The molecule has 0 aliphatic heterocycles. The predicted octanol–water partition coefficient (Wildman–Crippen LogP) is 3.48. The van der Waals surface area contributed by atoms with Gasteiger partial charge in [0, 0.05) is 10.9 Å². The third kappa shape index (κ3) is 2.08. The van der Waals surface area contributed by atoms with Crippen molar-refractivity contribution in [2.24, 2.45) is 0 Å². The Balaban J connectivity index is 1.90. The highest BCUT2D eigenvalue weighted by atomic mass is 32.1. The number of hydrogen-bond donors (Lipinski definition) is 1. The Kier molecular flexibility index (Phi) is 2.96. The SMILES string of the molecule is OC(c1ccccc1)c1nc(-c2ccoc2)cs1. The number of aromatic nitrogens is 1. The van der Waals surface area contributed by atoms with Crippen molar-refractivity contribution in [3.05, 3.63) is 64.9 Å². The molecular weight excluding hydrogens is 246 g/mol. The summed E-state index contributed by atoms with van der Waals surface area (Å²) < 4.78 is 5.03. The lowest BCUT2D eigenvalue weighted by Crippen LogP contribution is -1.98. The summed E-state index contributed by atoms with van der Waals surface area (Å²) in [4.78, 5) is 4.44. The van der Waals surface area contributed by atoms with Crippen molar-refractivity contribution in [2.75, 3.05) is 0 Å². The third-order valence-corrected chi connectivity index (χ3v) is 3.59. The zero-order chi connectivity index (χ0) is 12.4. The van der Waals surface area contributed by atoms with Gasteiger partial charge in [-0.3, -0.25) is 0 Å². The maximum Gasteiger partial charge on any atom is 0.131 e. The van der Waals surface area contributed by atoms with Crippen molar-refractivity contribution in [3.63, 3.8) is 0 Å². The first kappa shape index (κ1) is 11.2. The Labute approximate surface area is 108 Å². The van der Waals surface area contributed by atoms with Gasteiger partial charge in [-0.2, -0.15) is 0 Å². The van der Waals surface area contributed by atoms with Gasteiger partial charge in [0.2, 0.25) is 0 Å². The van der Waals surface area contributed by atoms with Crippen LogP contribution in [0.15, 0.2) is 58.7 Å². The summed E-state index contributed by atoms with van der Waals surface area (Å²) in [5.74, 6) is 0. The average molecular weight is 257 g/mol. The molecule has 1 aromatic carbocycles. The Bertz CT molecular complexity index is 616. The van der Waals surface area contributed by atoms with Gasteiger partial charge < -0.3 is 9.52 Å². The van der Waals surface area contributed by atoms with Crippen LogP contribution in [0.5, 0.6) is 0 Å². The molecule has 0 radical (unpaired) electrons. The predicted molar refractivity (Wildman–Crippen MR) is 70.3 cm³/mol. The molecule has 3 rings (SSSR count). The number of benzene rings is 1. The quantitative estimate of drug-likeness (QED) is 0.781. The van der Waals surface area contributed by atoms with Crippen molar-refractivity contribution in [3.8, 4) is 11.3 Å². The topological polar surface area (TPSA) is 46.3 Å². The number of rotatable bonds is 3. The van der Waals surface area contributed by atoms with Gasteiger partial charge >= 0.3 is 0 Å². The second-order valence-electron chi connectivity index (χ2n) is 3.90. The first-order chi connectivity index (χ1) is 8.84. The molecule has 1 unspecified atom stereocenters. The molecule has 3 aromatic rings. The van der Waals surface area contributed by atoms with E-state index in [-0.39, 0.29) is 0 Å². The largest absolute Gasteiger partial charge is 0.472 e. The smallest absolute Gasteiger partial charge is 0.131 e. The van der Waals surface area contributed by atoms with E-state index in [9.17, 15) is 5.11 Å². The van der Waals surface area contributed by atoms with Crippen LogP contribution in [-0.2, 0) is 0 Å².